The molecule has 0 fully saturated rings. The van der Waals surface area contributed by atoms with Gasteiger partial charge in [0.2, 0.25) is 0 Å². The van der Waals surface area contributed by atoms with E-state index >= 15 is 0 Å². The van der Waals surface area contributed by atoms with Crippen molar-refractivity contribution in [1.82, 2.24) is 0 Å². The van der Waals surface area contributed by atoms with Gasteiger partial charge in [-0.15, -0.1) is 0 Å². The Hall–Kier alpha value is 0.150. The van der Waals surface area contributed by atoms with Crippen molar-refractivity contribution in [3.63, 3.8) is 0 Å². The third-order valence-corrected chi connectivity index (χ3v) is 6.58. The van der Waals surface area contributed by atoms with Gasteiger partial charge in [-0.2, -0.15) is 25.3 Å². The van der Waals surface area contributed by atoms with E-state index in [0.717, 1.165) is 5.30 Å². The maximum absolute atomic E-state index is 12.0. The lowest BCUT2D eigenvalue weighted by Gasteiger charge is -2.12. The minimum Gasteiger partial charge on any atom is -0.317 e. The van der Waals surface area contributed by atoms with Crippen LogP contribution >= 0.6 is 32.4 Å². The molecular formula is C8H11OPS2. The van der Waals surface area contributed by atoms with Crippen molar-refractivity contribution < 1.29 is 4.57 Å². The van der Waals surface area contributed by atoms with Crippen LogP contribution in [0.15, 0.2) is 30.3 Å². The maximum atomic E-state index is 12.0. The van der Waals surface area contributed by atoms with Crippen molar-refractivity contribution in [2.45, 2.75) is 0 Å². The first-order chi connectivity index (χ1) is 5.73. The van der Waals surface area contributed by atoms with Gasteiger partial charge >= 0.3 is 0 Å². The van der Waals surface area contributed by atoms with Gasteiger partial charge in [0.1, 0.15) is 7.14 Å². The first-order valence-corrected chi connectivity index (χ1v) is 6.92. The zero-order valence-corrected chi connectivity index (χ0v) is 9.23. The molecule has 0 radical (unpaired) electrons. The van der Waals surface area contributed by atoms with Gasteiger partial charge in [0, 0.05) is 16.3 Å². The lowest BCUT2D eigenvalue weighted by atomic mass is 10.4. The second-order valence-electron chi connectivity index (χ2n) is 2.51. The van der Waals surface area contributed by atoms with E-state index in [1.54, 1.807) is 0 Å². The van der Waals surface area contributed by atoms with E-state index < -0.39 is 7.14 Å². The second-order valence-corrected chi connectivity index (χ2v) is 7.07. The molecule has 4 heteroatoms. The third-order valence-electron chi connectivity index (χ3n) is 1.68. The lowest BCUT2D eigenvalue weighted by molar-refractivity contribution is 0.587. The third kappa shape index (κ3) is 2.09. The molecule has 1 rings (SSSR count). The Kier molecular flexibility index (Phi) is 3.76. The number of hydrogen-bond acceptors (Lipinski definition) is 3. The molecule has 0 spiro atoms. The summed E-state index contributed by atoms with van der Waals surface area (Å²) in [6.07, 6.45) is 0. The zero-order valence-electron chi connectivity index (χ0n) is 6.55. The van der Waals surface area contributed by atoms with Gasteiger partial charge < -0.3 is 4.57 Å². The average molecular weight is 218 g/mol. The maximum Gasteiger partial charge on any atom is 0.133 e. The summed E-state index contributed by atoms with van der Waals surface area (Å²) < 4.78 is 12.0. The van der Waals surface area contributed by atoms with Gasteiger partial charge in [-0.1, -0.05) is 30.3 Å². The van der Waals surface area contributed by atoms with E-state index in [1.165, 1.54) is 0 Å². The quantitative estimate of drug-likeness (QED) is 0.588. The van der Waals surface area contributed by atoms with Gasteiger partial charge in [0.15, 0.2) is 0 Å². The van der Waals surface area contributed by atoms with Crippen molar-refractivity contribution in [2.75, 3.05) is 11.0 Å². The van der Waals surface area contributed by atoms with Crippen molar-refractivity contribution >= 4 is 37.7 Å². The molecule has 0 amide bonds. The van der Waals surface area contributed by atoms with Gasteiger partial charge in [0.05, 0.1) is 0 Å². The van der Waals surface area contributed by atoms with Crippen LogP contribution in [0.2, 0.25) is 0 Å². The van der Waals surface area contributed by atoms with Gasteiger partial charge in [-0.05, 0) is 0 Å². The van der Waals surface area contributed by atoms with Crippen LogP contribution in [0.25, 0.3) is 0 Å². The van der Waals surface area contributed by atoms with E-state index in [9.17, 15) is 4.57 Å². The first kappa shape index (κ1) is 10.2. The standard InChI is InChI=1S/C8H11OPS2/c9-10(6-11,7-12)8-4-2-1-3-5-8/h1-5,11-12H,6-7H2. The minimum atomic E-state index is -2.31. The molecule has 0 aromatic heterocycles. The number of thiol groups is 2. The van der Waals surface area contributed by atoms with Gasteiger partial charge in [-0.25, -0.2) is 0 Å². The summed E-state index contributed by atoms with van der Waals surface area (Å²) in [5, 5.41) is 0.870. The monoisotopic (exact) mass is 218 g/mol. The summed E-state index contributed by atoms with van der Waals surface area (Å²) in [6, 6.07) is 9.41. The van der Waals surface area contributed by atoms with Crippen molar-refractivity contribution in [1.29, 1.82) is 0 Å². The Balaban J connectivity index is 3.04. The molecule has 1 nitrogen and oxygen atoms in total. The first-order valence-electron chi connectivity index (χ1n) is 3.58. The highest BCUT2D eigenvalue weighted by Gasteiger charge is 2.19. The molecule has 0 unspecified atom stereocenters. The molecule has 1 aromatic rings. The lowest BCUT2D eigenvalue weighted by Crippen LogP contribution is -2.05. The molecule has 12 heavy (non-hydrogen) atoms. The Morgan fingerprint density at radius 3 is 2.00 bits per heavy atom. The fourth-order valence-electron chi connectivity index (χ4n) is 0.908. The van der Waals surface area contributed by atoms with Crippen molar-refractivity contribution in [2.24, 2.45) is 0 Å². The highest BCUT2D eigenvalue weighted by molar-refractivity contribution is 7.99. The highest BCUT2D eigenvalue weighted by Crippen LogP contribution is 2.45. The van der Waals surface area contributed by atoms with Gasteiger partial charge in [-0.3, -0.25) is 0 Å². The summed E-state index contributed by atoms with van der Waals surface area (Å²) in [6.45, 7) is 0. The molecule has 0 bridgehead atoms. The van der Waals surface area contributed by atoms with E-state index in [4.69, 9.17) is 0 Å². The van der Waals surface area contributed by atoms with E-state index in [2.05, 4.69) is 25.3 Å². The molecule has 0 saturated carbocycles. The van der Waals surface area contributed by atoms with Crippen LogP contribution in [0.1, 0.15) is 0 Å². The smallest absolute Gasteiger partial charge is 0.133 e. The van der Waals surface area contributed by atoms with Crippen LogP contribution in [-0.4, -0.2) is 11.0 Å². The Morgan fingerprint density at radius 1 is 1.08 bits per heavy atom. The fourth-order valence-corrected chi connectivity index (χ4v) is 4.09. The highest BCUT2D eigenvalue weighted by atomic mass is 32.1. The molecule has 0 saturated heterocycles. The Labute approximate surface area is 83.8 Å². The molecule has 66 valence electrons. The summed E-state index contributed by atoms with van der Waals surface area (Å²) in [4.78, 5) is 0. The van der Waals surface area contributed by atoms with Crippen LogP contribution < -0.4 is 5.30 Å². The summed E-state index contributed by atoms with van der Waals surface area (Å²) >= 11 is 8.16. The Bertz CT molecular complexity index is 278. The van der Waals surface area contributed by atoms with Gasteiger partial charge in [0.25, 0.3) is 0 Å². The predicted molar refractivity (Wildman–Crippen MR) is 61.4 cm³/mol. The molecule has 0 aliphatic rings. The topological polar surface area (TPSA) is 17.1 Å². The number of rotatable bonds is 3. The molecule has 0 N–H and O–H groups in total. The zero-order chi connectivity index (χ0) is 9.03. The van der Waals surface area contributed by atoms with Crippen LogP contribution in [0.5, 0.6) is 0 Å². The summed E-state index contributed by atoms with van der Waals surface area (Å²) in [7, 11) is -2.31. The molecular weight excluding hydrogens is 207 g/mol. The van der Waals surface area contributed by atoms with E-state index in [0.29, 0.717) is 11.0 Å². The summed E-state index contributed by atoms with van der Waals surface area (Å²) in [5.74, 6) is 0. The molecule has 1 aromatic carbocycles. The minimum absolute atomic E-state index is 0.389. The van der Waals surface area contributed by atoms with Crippen LogP contribution in [0.4, 0.5) is 0 Å². The second kappa shape index (κ2) is 4.40. The average Bonchev–Trinajstić information content (AvgIpc) is 2.18. The Morgan fingerprint density at radius 2 is 1.58 bits per heavy atom. The van der Waals surface area contributed by atoms with Crippen LogP contribution in [0.3, 0.4) is 0 Å². The van der Waals surface area contributed by atoms with Crippen LogP contribution in [-0.2, 0) is 4.57 Å². The molecule has 0 aliphatic heterocycles. The largest absolute Gasteiger partial charge is 0.317 e. The van der Waals surface area contributed by atoms with Crippen LogP contribution in [0, 0.1) is 0 Å². The molecule has 0 aliphatic carbocycles. The normalized spacial score (nSPS) is 11.5. The molecule has 0 atom stereocenters. The molecule has 0 heterocycles. The predicted octanol–water partition coefficient (Wildman–Crippen LogP) is 2.45. The number of hydrogen-bond donors (Lipinski definition) is 2. The fraction of sp³-hybridized carbons (Fsp3) is 0.250. The van der Waals surface area contributed by atoms with E-state index in [1.807, 2.05) is 30.3 Å². The summed E-state index contributed by atoms with van der Waals surface area (Å²) in [5.41, 5.74) is 0.779. The van der Waals surface area contributed by atoms with Crippen molar-refractivity contribution in [3.05, 3.63) is 30.3 Å². The SMILES string of the molecule is O=P(CS)(CS)c1ccccc1. The number of benzene rings is 1. The van der Waals surface area contributed by atoms with Crippen molar-refractivity contribution in [3.8, 4) is 0 Å². The van der Waals surface area contributed by atoms with E-state index in [-0.39, 0.29) is 0 Å².